The average Bonchev–Trinajstić information content (AvgIpc) is 2.75. The molecule has 98 valence electrons. The summed E-state index contributed by atoms with van der Waals surface area (Å²) in [5, 5.41) is 8.80. The van der Waals surface area contributed by atoms with Crippen molar-refractivity contribution in [3.05, 3.63) is 47.5 Å². The zero-order chi connectivity index (χ0) is 13.7. The number of hydrogen-bond donors (Lipinski definition) is 0. The van der Waals surface area contributed by atoms with Crippen LogP contribution < -0.4 is 4.74 Å². The summed E-state index contributed by atoms with van der Waals surface area (Å²) in [7, 11) is 0. The van der Waals surface area contributed by atoms with Gasteiger partial charge >= 0.3 is 0 Å². The summed E-state index contributed by atoms with van der Waals surface area (Å²) >= 11 is 0. The maximum Gasteiger partial charge on any atom is 0.120 e. The lowest BCUT2D eigenvalue weighted by molar-refractivity contribution is 0.301. The van der Waals surface area contributed by atoms with E-state index in [9.17, 15) is 0 Å². The summed E-state index contributed by atoms with van der Waals surface area (Å²) in [5.74, 6) is 0.748. The molecule has 0 fully saturated rings. The number of aromatic nitrogens is 2. The van der Waals surface area contributed by atoms with E-state index in [4.69, 9.17) is 10.00 Å². The highest BCUT2D eigenvalue weighted by molar-refractivity contribution is 5.36. The van der Waals surface area contributed by atoms with Gasteiger partial charge in [-0.05, 0) is 38.5 Å². The molecule has 1 aromatic heterocycles. The lowest BCUT2D eigenvalue weighted by Gasteiger charge is -2.08. The second-order valence-corrected chi connectivity index (χ2v) is 4.45. The van der Waals surface area contributed by atoms with Gasteiger partial charge in [-0.2, -0.15) is 5.26 Å². The molecule has 0 N–H and O–H groups in total. The Morgan fingerprint density at radius 3 is 2.89 bits per heavy atom. The highest BCUT2D eigenvalue weighted by atomic mass is 16.5. The number of ether oxygens (including phenoxy) is 1. The largest absolute Gasteiger partial charge is 0.493 e. The Hall–Kier alpha value is -2.28. The minimum Gasteiger partial charge on any atom is -0.493 e. The van der Waals surface area contributed by atoms with E-state index in [1.165, 1.54) is 5.69 Å². The van der Waals surface area contributed by atoms with Gasteiger partial charge in [0.05, 0.1) is 30.3 Å². The molecule has 0 aliphatic heterocycles. The number of rotatable bonds is 5. The van der Waals surface area contributed by atoms with Gasteiger partial charge in [0.15, 0.2) is 0 Å². The molecule has 0 radical (unpaired) electrons. The molecule has 4 nitrogen and oxygen atoms in total. The van der Waals surface area contributed by atoms with Crippen molar-refractivity contribution < 1.29 is 4.74 Å². The monoisotopic (exact) mass is 255 g/mol. The second-order valence-electron chi connectivity index (χ2n) is 4.45. The quantitative estimate of drug-likeness (QED) is 0.772. The molecule has 0 unspecified atom stereocenters. The van der Waals surface area contributed by atoms with E-state index in [2.05, 4.69) is 22.5 Å². The van der Waals surface area contributed by atoms with Gasteiger partial charge in [0.25, 0.3) is 0 Å². The SMILES string of the molecule is Cc1ncn(CCCOc2cccc(C#N)c2)c1C. The Kier molecular flexibility index (Phi) is 4.19. The predicted molar refractivity (Wildman–Crippen MR) is 73.0 cm³/mol. The average molecular weight is 255 g/mol. The fraction of sp³-hybridized carbons (Fsp3) is 0.333. The third-order valence-electron chi connectivity index (χ3n) is 3.12. The first-order valence-electron chi connectivity index (χ1n) is 6.32. The van der Waals surface area contributed by atoms with Crippen molar-refractivity contribution in [3.63, 3.8) is 0 Å². The predicted octanol–water partition coefficient (Wildman–Crippen LogP) is 2.84. The minimum atomic E-state index is 0.624. The van der Waals surface area contributed by atoms with Crippen LogP contribution in [0.3, 0.4) is 0 Å². The summed E-state index contributed by atoms with van der Waals surface area (Å²) in [6.45, 7) is 5.60. The van der Waals surface area contributed by atoms with E-state index in [1.807, 2.05) is 25.4 Å². The van der Waals surface area contributed by atoms with Crippen LogP contribution in [0.5, 0.6) is 5.75 Å². The number of nitriles is 1. The minimum absolute atomic E-state index is 0.624. The smallest absolute Gasteiger partial charge is 0.120 e. The summed E-state index contributed by atoms with van der Waals surface area (Å²) in [4.78, 5) is 4.26. The molecule has 0 spiro atoms. The fourth-order valence-corrected chi connectivity index (χ4v) is 1.85. The van der Waals surface area contributed by atoms with Gasteiger partial charge in [0.2, 0.25) is 0 Å². The first-order valence-corrected chi connectivity index (χ1v) is 6.32. The number of hydrogen-bond acceptors (Lipinski definition) is 3. The van der Waals surface area contributed by atoms with Gasteiger partial charge in [-0.1, -0.05) is 6.07 Å². The zero-order valence-corrected chi connectivity index (χ0v) is 11.3. The Balaban J connectivity index is 1.81. The molecule has 0 amide bonds. The Labute approximate surface area is 113 Å². The van der Waals surface area contributed by atoms with Gasteiger partial charge in [-0.15, -0.1) is 0 Å². The van der Waals surface area contributed by atoms with E-state index in [0.29, 0.717) is 12.2 Å². The number of aryl methyl sites for hydroxylation is 2. The molecule has 1 heterocycles. The molecule has 0 atom stereocenters. The first kappa shape index (κ1) is 13.2. The Bertz CT molecular complexity index is 596. The normalized spacial score (nSPS) is 10.2. The van der Waals surface area contributed by atoms with Crippen molar-refractivity contribution in [2.45, 2.75) is 26.8 Å². The summed E-state index contributed by atoms with van der Waals surface area (Å²) in [6, 6.07) is 9.33. The third kappa shape index (κ3) is 3.35. The molecule has 2 aromatic rings. The van der Waals surface area contributed by atoms with Crippen molar-refractivity contribution in [1.82, 2.24) is 9.55 Å². The van der Waals surface area contributed by atoms with Crippen molar-refractivity contribution in [1.29, 1.82) is 5.26 Å². The van der Waals surface area contributed by atoms with Crippen molar-refractivity contribution in [2.75, 3.05) is 6.61 Å². The highest BCUT2D eigenvalue weighted by Gasteiger charge is 2.01. The molecular formula is C15H17N3O. The van der Waals surface area contributed by atoms with Crippen molar-refractivity contribution >= 4 is 0 Å². The zero-order valence-electron chi connectivity index (χ0n) is 11.3. The molecule has 4 heteroatoms. The van der Waals surface area contributed by atoms with Crippen LogP contribution in [-0.4, -0.2) is 16.2 Å². The van der Waals surface area contributed by atoms with Gasteiger partial charge in [0, 0.05) is 12.2 Å². The van der Waals surface area contributed by atoms with Gasteiger partial charge in [0.1, 0.15) is 5.75 Å². The van der Waals surface area contributed by atoms with Crippen LogP contribution >= 0.6 is 0 Å². The number of imidazole rings is 1. The van der Waals surface area contributed by atoms with Crippen LogP contribution in [0, 0.1) is 25.2 Å². The van der Waals surface area contributed by atoms with Crippen molar-refractivity contribution in [3.8, 4) is 11.8 Å². The maximum absolute atomic E-state index is 8.80. The van der Waals surface area contributed by atoms with Crippen LogP contribution in [0.15, 0.2) is 30.6 Å². The molecule has 0 saturated carbocycles. The van der Waals surface area contributed by atoms with Gasteiger partial charge in [-0.25, -0.2) is 4.98 Å². The van der Waals surface area contributed by atoms with Crippen LogP contribution in [-0.2, 0) is 6.54 Å². The van der Waals surface area contributed by atoms with Crippen LogP contribution in [0.25, 0.3) is 0 Å². The van der Waals surface area contributed by atoms with Crippen molar-refractivity contribution in [2.24, 2.45) is 0 Å². The van der Waals surface area contributed by atoms with Gasteiger partial charge in [-0.3, -0.25) is 0 Å². The Morgan fingerprint density at radius 1 is 1.37 bits per heavy atom. The molecule has 1 aromatic carbocycles. The van der Waals surface area contributed by atoms with Crippen LogP contribution in [0.1, 0.15) is 23.4 Å². The second kappa shape index (κ2) is 6.05. The standard InChI is InChI=1S/C15H17N3O/c1-12-13(2)18(11-17-12)7-4-8-19-15-6-3-5-14(9-15)10-16/h3,5-6,9,11H,4,7-8H2,1-2H3. The summed E-state index contributed by atoms with van der Waals surface area (Å²) in [5.41, 5.74) is 2.90. The fourth-order valence-electron chi connectivity index (χ4n) is 1.85. The molecule has 0 saturated heterocycles. The topological polar surface area (TPSA) is 50.8 Å². The molecule has 2 rings (SSSR count). The molecule has 19 heavy (non-hydrogen) atoms. The lowest BCUT2D eigenvalue weighted by atomic mass is 10.2. The molecule has 0 bridgehead atoms. The Morgan fingerprint density at radius 2 is 2.21 bits per heavy atom. The van der Waals surface area contributed by atoms with Crippen LogP contribution in [0.4, 0.5) is 0 Å². The molecule has 0 aliphatic carbocycles. The van der Waals surface area contributed by atoms with Crippen LogP contribution in [0.2, 0.25) is 0 Å². The number of benzene rings is 1. The summed E-state index contributed by atoms with van der Waals surface area (Å²) < 4.78 is 7.76. The summed E-state index contributed by atoms with van der Waals surface area (Å²) in [6.07, 6.45) is 2.77. The molecule has 0 aliphatic rings. The van der Waals surface area contributed by atoms with E-state index in [1.54, 1.807) is 12.1 Å². The van der Waals surface area contributed by atoms with Gasteiger partial charge < -0.3 is 9.30 Å². The first-order chi connectivity index (χ1) is 9.20. The number of nitrogens with zero attached hydrogens (tertiary/aromatic N) is 3. The maximum atomic E-state index is 8.80. The van der Waals surface area contributed by atoms with E-state index < -0.39 is 0 Å². The lowest BCUT2D eigenvalue weighted by Crippen LogP contribution is -2.05. The highest BCUT2D eigenvalue weighted by Crippen LogP contribution is 2.13. The van der Waals surface area contributed by atoms with E-state index >= 15 is 0 Å². The third-order valence-corrected chi connectivity index (χ3v) is 3.12. The van der Waals surface area contributed by atoms with E-state index in [0.717, 1.165) is 24.4 Å². The molecular weight excluding hydrogens is 238 g/mol. The van der Waals surface area contributed by atoms with E-state index in [-0.39, 0.29) is 0 Å².